The van der Waals surface area contributed by atoms with Crippen molar-refractivity contribution in [1.29, 1.82) is 0 Å². The van der Waals surface area contributed by atoms with Crippen LogP contribution in [0.15, 0.2) is 9.52 Å². The molecule has 0 bridgehead atoms. The number of amides is 1. The lowest BCUT2D eigenvalue weighted by atomic mass is 10.0. The Morgan fingerprint density at radius 3 is 2.52 bits per heavy atom. The SMILES string of the molecule is CN=C(NCc1noc(C)n1)N1CCC(N(CC2CC2)C(=O)OC(C)(C)C)CC1. The standard InChI is InChI=1S/C20H34N6O3/c1-14-23-17(24-29-14)12-22-18(21-5)25-10-8-16(9-11-25)26(13-15-6-7-15)19(27)28-20(2,3)4/h15-16H,6-13H2,1-5H3,(H,21,22). The van der Waals surface area contributed by atoms with Crippen molar-refractivity contribution >= 4 is 12.1 Å². The van der Waals surface area contributed by atoms with Crippen LogP contribution in [-0.2, 0) is 11.3 Å². The highest BCUT2D eigenvalue weighted by molar-refractivity contribution is 5.80. The highest BCUT2D eigenvalue weighted by atomic mass is 16.6. The molecule has 0 unspecified atom stereocenters. The topological polar surface area (TPSA) is 96.1 Å². The summed E-state index contributed by atoms with van der Waals surface area (Å²) in [6.07, 6.45) is 4.04. The van der Waals surface area contributed by atoms with E-state index in [0.717, 1.165) is 38.4 Å². The van der Waals surface area contributed by atoms with Crippen LogP contribution in [0.5, 0.6) is 0 Å². The maximum absolute atomic E-state index is 12.8. The molecule has 29 heavy (non-hydrogen) atoms. The summed E-state index contributed by atoms with van der Waals surface area (Å²) in [7, 11) is 1.77. The molecular formula is C20H34N6O3. The molecule has 2 heterocycles. The van der Waals surface area contributed by atoms with E-state index in [9.17, 15) is 4.79 Å². The number of rotatable bonds is 5. The van der Waals surface area contributed by atoms with Gasteiger partial charge in [0.05, 0.1) is 6.54 Å². The zero-order valence-corrected chi connectivity index (χ0v) is 18.3. The Balaban J connectivity index is 1.54. The molecule has 0 spiro atoms. The predicted molar refractivity (Wildman–Crippen MR) is 109 cm³/mol. The lowest BCUT2D eigenvalue weighted by Gasteiger charge is -2.40. The van der Waals surface area contributed by atoms with Crippen LogP contribution in [-0.4, -0.2) is 70.3 Å². The fourth-order valence-electron chi connectivity index (χ4n) is 3.56. The summed E-state index contributed by atoms with van der Waals surface area (Å²) < 4.78 is 10.7. The number of aliphatic imine (C=N–C) groups is 1. The quantitative estimate of drug-likeness (QED) is 0.593. The van der Waals surface area contributed by atoms with Crippen LogP contribution in [0.3, 0.4) is 0 Å². The van der Waals surface area contributed by atoms with E-state index < -0.39 is 5.60 Å². The minimum absolute atomic E-state index is 0.183. The third-order valence-corrected chi connectivity index (χ3v) is 5.17. The Hall–Kier alpha value is -2.32. The smallest absolute Gasteiger partial charge is 0.410 e. The minimum Gasteiger partial charge on any atom is -0.444 e. The number of piperidine rings is 1. The van der Waals surface area contributed by atoms with Gasteiger partial charge >= 0.3 is 6.09 Å². The molecule has 1 aliphatic heterocycles. The molecule has 1 aromatic heterocycles. The average Bonchev–Trinajstić information content (AvgIpc) is 3.39. The van der Waals surface area contributed by atoms with Gasteiger partial charge in [0.15, 0.2) is 11.8 Å². The van der Waals surface area contributed by atoms with Crippen LogP contribution < -0.4 is 5.32 Å². The molecule has 9 heteroatoms. The van der Waals surface area contributed by atoms with Crippen molar-refractivity contribution in [3.05, 3.63) is 11.7 Å². The maximum Gasteiger partial charge on any atom is 0.410 e. The monoisotopic (exact) mass is 406 g/mol. The fourth-order valence-corrected chi connectivity index (χ4v) is 3.56. The normalized spacial score (nSPS) is 18.7. The first-order valence-corrected chi connectivity index (χ1v) is 10.5. The van der Waals surface area contributed by atoms with Gasteiger partial charge in [0, 0.05) is 39.6 Å². The van der Waals surface area contributed by atoms with E-state index in [-0.39, 0.29) is 12.1 Å². The summed E-state index contributed by atoms with van der Waals surface area (Å²) in [5, 5.41) is 7.20. The number of likely N-dealkylation sites (tertiary alicyclic amines) is 1. The van der Waals surface area contributed by atoms with Gasteiger partial charge in [-0.25, -0.2) is 4.79 Å². The summed E-state index contributed by atoms with van der Waals surface area (Å²) in [4.78, 5) is 25.6. The zero-order chi connectivity index (χ0) is 21.0. The molecule has 1 amide bonds. The van der Waals surface area contributed by atoms with Gasteiger partial charge in [-0.1, -0.05) is 5.16 Å². The molecule has 2 aliphatic rings. The van der Waals surface area contributed by atoms with Crippen molar-refractivity contribution in [2.45, 2.75) is 71.6 Å². The van der Waals surface area contributed by atoms with E-state index >= 15 is 0 Å². The van der Waals surface area contributed by atoms with Gasteiger partial charge in [0.1, 0.15) is 5.60 Å². The van der Waals surface area contributed by atoms with Crippen molar-refractivity contribution in [2.24, 2.45) is 10.9 Å². The van der Waals surface area contributed by atoms with Crippen LogP contribution in [0.4, 0.5) is 4.79 Å². The number of aromatic nitrogens is 2. The summed E-state index contributed by atoms with van der Waals surface area (Å²) in [6.45, 7) is 10.5. The van der Waals surface area contributed by atoms with Crippen molar-refractivity contribution < 1.29 is 14.1 Å². The van der Waals surface area contributed by atoms with Crippen LogP contribution in [0, 0.1) is 12.8 Å². The number of carbonyl (C=O) groups is 1. The first kappa shape index (κ1) is 21.4. The van der Waals surface area contributed by atoms with Crippen molar-refractivity contribution in [3.63, 3.8) is 0 Å². The highest BCUT2D eigenvalue weighted by Gasteiger charge is 2.35. The van der Waals surface area contributed by atoms with E-state index in [1.54, 1.807) is 14.0 Å². The van der Waals surface area contributed by atoms with Gasteiger partial charge < -0.3 is 24.4 Å². The van der Waals surface area contributed by atoms with Gasteiger partial charge in [-0.2, -0.15) is 4.98 Å². The number of nitrogens with zero attached hydrogens (tertiary/aromatic N) is 5. The second-order valence-electron chi connectivity index (χ2n) is 8.92. The molecule has 0 aromatic carbocycles. The number of nitrogens with one attached hydrogen (secondary N) is 1. The van der Waals surface area contributed by atoms with Gasteiger partial charge in [-0.05, 0) is 52.4 Å². The number of hydrogen-bond donors (Lipinski definition) is 1. The van der Waals surface area contributed by atoms with Gasteiger partial charge in [0.25, 0.3) is 0 Å². The first-order valence-electron chi connectivity index (χ1n) is 10.5. The maximum atomic E-state index is 12.8. The second kappa shape index (κ2) is 9.00. The average molecular weight is 407 g/mol. The summed E-state index contributed by atoms with van der Waals surface area (Å²) in [5.74, 6) is 2.61. The van der Waals surface area contributed by atoms with Crippen molar-refractivity contribution in [1.82, 2.24) is 25.3 Å². The Morgan fingerprint density at radius 2 is 2.00 bits per heavy atom. The van der Waals surface area contributed by atoms with Gasteiger partial charge in [-0.3, -0.25) is 4.99 Å². The molecule has 1 aliphatic carbocycles. The molecule has 1 aromatic rings. The predicted octanol–water partition coefficient (Wildman–Crippen LogP) is 2.56. The van der Waals surface area contributed by atoms with E-state index in [4.69, 9.17) is 9.26 Å². The van der Waals surface area contributed by atoms with E-state index in [0.29, 0.717) is 24.2 Å². The molecule has 1 saturated heterocycles. The van der Waals surface area contributed by atoms with Crippen LogP contribution in [0.2, 0.25) is 0 Å². The first-order chi connectivity index (χ1) is 13.7. The summed E-state index contributed by atoms with van der Waals surface area (Å²) >= 11 is 0. The van der Waals surface area contributed by atoms with Crippen LogP contribution in [0.1, 0.15) is 58.2 Å². The van der Waals surface area contributed by atoms with Crippen molar-refractivity contribution in [3.8, 4) is 0 Å². The van der Waals surface area contributed by atoms with Crippen molar-refractivity contribution in [2.75, 3.05) is 26.7 Å². The molecule has 1 saturated carbocycles. The van der Waals surface area contributed by atoms with Gasteiger partial charge in [0.2, 0.25) is 5.89 Å². The van der Waals surface area contributed by atoms with E-state index in [1.165, 1.54) is 12.8 Å². The zero-order valence-electron chi connectivity index (χ0n) is 18.3. The van der Waals surface area contributed by atoms with Gasteiger partial charge in [-0.15, -0.1) is 0 Å². The number of hydrogen-bond acceptors (Lipinski definition) is 6. The number of carbonyl (C=O) groups excluding carboxylic acids is 1. The Morgan fingerprint density at radius 1 is 1.31 bits per heavy atom. The Kier molecular flexibility index (Phi) is 6.64. The van der Waals surface area contributed by atoms with E-state index in [2.05, 4.69) is 25.3 Å². The number of ether oxygens (including phenoxy) is 1. The number of aryl methyl sites for hydroxylation is 1. The molecule has 0 radical (unpaired) electrons. The molecule has 2 fully saturated rings. The Bertz CT molecular complexity index is 714. The van der Waals surface area contributed by atoms with E-state index in [1.807, 2.05) is 25.7 Å². The molecule has 3 rings (SSSR count). The minimum atomic E-state index is -0.473. The largest absolute Gasteiger partial charge is 0.444 e. The Labute approximate surface area is 172 Å². The fraction of sp³-hybridized carbons (Fsp3) is 0.800. The lowest BCUT2D eigenvalue weighted by molar-refractivity contribution is 0.00928. The summed E-state index contributed by atoms with van der Waals surface area (Å²) in [6, 6.07) is 0.208. The highest BCUT2D eigenvalue weighted by Crippen LogP contribution is 2.32. The van der Waals surface area contributed by atoms with Crippen LogP contribution >= 0.6 is 0 Å². The lowest BCUT2D eigenvalue weighted by Crippen LogP contribution is -2.52. The van der Waals surface area contributed by atoms with Crippen LogP contribution in [0.25, 0.3) is 0 Å². The second-order valence-corrected chi connectivity index (χ2v) is 8.92. The molecular weight excluding hydrogens is 372 g/mol. The molecule has 162 valence electrons. The third kappa shape index (κ3) is 6.33. The molecule has 1 N–H and O–H groups in total. The third-order valence-electron chi connectivity index (χ3n) is 5.17. The molecule has 9 nitrogen and oxygen atoms in total. The summed E-state index contributed by atoms with van der Waals surface area (Å²) in [5.41, 5.74) is -0.473. The molecule has 0 atom stereocenters. The number of guanidine groups is 1.